The van der Waals surface area contributed by atoms with Crippen LogP contribution in [0.15, 0.2) is 18.2 Å². The van der Waals surface area contributed by atoms with Gasteiger partial charge in [-0.2, -0.15) is 0 Å². The summed E-state index contributed by atoms with van der Waals surface area (Å²) in [5.74, 6) is 5.34. The zero-order valence-corrected chi connectivity index (χ0v) is 11.8. The molecule has 1 aromatic carbocycles. The second-order valence-electron chi connectivity index (χ2n) is 5.17. The molecule has 1 aliphatic heterocycles. The largest absolute Gasteiger partial charge is 0.372 e. The molecule has 0 aliphatic carbocycles. The summed E-state index contributed by atoms with van der Waals surface area (Å²) in [6, 6.07) is 5.01. The Morgan fingerprint density at radius 1 is 1.53 bits per heavy atom. The van der Waals surface area contributed by atoms with E-state index in [1.807, 2.05) is 13.8 Å². The number of amides is 1. The number of hydrogen-bond donors (Lipinski definition) is 2. The number of anilines is 1. The number of nitrogen functional groups attached to an aromatic ring is 1. The van der Waals surface area contributed by atoms with Crippen LogP contribution in [0.5, 0.6) is 0 Å². The van der Waals surface area contributed by atoms with Crippen LogP contribution in [0.1, 0.15) is 24.2 Å². The summed E-state index contributed by atoms with van der Waals surface area (Å²) in [6.45, 7) is 5.57. The number of nitrogens with zero attached hydrogens (tertiary/aromatic N) is 1. The van der Waals surface area contributed by atoms with Gasteiger partial charge in [-0.15, -0.1) is 0 Å². The Morgan fingerprint density at radius 3 is 2.89 bits per heavy atom. The van der Waals surface area contributed by atoms with Crippen molar-refractivity contribution in [1.29, 1.82) is 0 Å². The van der Waals surface area contributed by atoms with Gasteiger partial charge >= 0.3 is 0 Å². The number of nitrogens with one attached hydrogen (secondary N) is 1. The van der Waals surface area contributed by atoms with Gasteiger partial charge in [0, 0.05) is 18.1 Å². The van der Waals surface area contributed by atoms with Crippen molar-refractivity contribution >= 4 is 23.2 Å². The molecule has 104 valence electrons. The van der Waals surface area contributed by atoms with Crippen molar-refractivity contribution in [1.82, 2.24) is 4.90 Å². The Kier molecular flexibility index (Phi) is 3.99. The van der Waals surface area contributed by atoms with Crippen molar-refractivity contribution < 1.29 is 9.53 Å². The first-order valence-corrected chi connectivity index (χ1v) is 6.50. The molecule has 6 heteroatoms. The van der Waals surface area contributed by atoms with E-state index in [0.717, 1.165) is 0 Å². The monoisotopic (exact) mass is 283 g/mol. The average molecular weight is 284 g/mol. The maximum atomic E-state index is 12.5. The maximum Gasteiger partial charge on any atom is 0.256 e. The van der Waals surface area contributed by atoms with Crippen LogP contribution in [-0.2, 0) is 4.74 Å². The van der Waals surface area contributed by atoms with Crippen LogP contribution in [0.2, 0.25) is 5.02 Å². The van der Waals surface area contributed by atoms with Crippen molar-refractivity contribution in [3.05, 3.63) is 28.8 Å². The lowest BCUT2D eigenvalue weighted by molar-refractivity contribution is -0.0763. The zero-order chi connectivity index (χ0) is 14.0. The highest BCUT2D eigenvalue weighted by molar-refractivity contribution is 6.31. The fourth-order valence-electron chi connectivity index (χ4n) is 2.18. The van der Waals surface area contributed by atoms with Gasteiger partial charge in [0.2, 0.25) is 0 Å². The quantitative estimate of drug-likeness (QED) is 0.642. The molecule has 19 heavy (non-hydrogen) atoms. The highest BCUT2D eigenvalue weighted by Crippen LogP contribution is 2.24. The van der Waals surface area contributed by atoms with Gasteiger partial charge in [0.05, 0.1) is 23.5 Å². The van der Waals surface area contributed by atoms with E-state index in [2.05, 4.69) is 5.43 Å². The highest BCUT2D eigenvalue weighted by atomic mass is 35.5. The number of morpholine rings is 1. The third-order valence-corrected chi connectivity index (χ3v) is 3.32. The van der Waals surface area contributed by atoms with Gasteiger partial charge in [-0.3, -0.25) is 10.6 Å². The molecule has 0 atom stereocenters. The molecule has 3 N–H and O–H groups in total. The third kappa shape index (κ3) is 3.18. The topological polar surface area (TPSA) is 67.6 Å². The predicted octanol–water partition coefficient (Wildman–Crippen LogP) is 1.88. The minimum Gasteiger partial charge on any atom is -0.372 e. The molecule has 0 radical (unpaired) electrons. The normalized spacial score (nSPS) is 18.2. The number of benzene rings is 1. The van der Waals surface area contributed by atoms with Crippen molar-refractivity contribution in [2.24, 2.45) is 5.84 Å². The first-order chi connectivity index (χ1) is 8.93. The van der Waals surface area contributed by atoms with Crippen LogP contribution >= 0.6 is 11.6 Å². The Balaban J connectivity index is 2.26. The fraction of sp³-hybridized carbons (Fsp3) is 0.462. The van der Waals surface area contributed by atoms with E-state index in [4.69, 9.17) is 22.2 Å². The molecule has 1 amide bonds. The molecule has 0 unspecified atom stereocenters. The summed E-state index contributed by atoms with van der Waals surface area (Å²) in [4.78, 5) is 14.3. The van der Waals surface area contributed by atoms with Gasteiger partial charge in [-0.1, -0.05) is 11.6 Å². The van der Waals surface area contributed by atoms with Crippen LogP contribution in [-0.4, -0.2) is 36.1 Å². The third-order valence-electron chi connectivity index (χ3n) is 3.08. The first-order valence-electron chi connectivity index (χ1n) is 6.12. The minimum absolute atomic E-state index is 0.0909. The fourth-order valence-corrected chi connectivity index (χ4v) is 2.35. The van der Waals surface area contributed by atoms with Crippen molar-refractivity contribution in [3.63, 3.8) is 0 Å². The molecule has 0 aromatic heterocycles. The van der Waals surface area contributed by atoms with Crippen LogP contribution in [0.25, 0.3) is 0 Å². The lowest BCUT2D eigenvalue weighted by atomic mass is 10.1. The first kappa shape index (κ1) is 14.1. The Morgan fingerprint density at radius 2 is 2.26 bits per heavy atom. The summed E-state index contributed by atoms with van der Waals surface area (Å²) < 4.78 is 5.60. The summed E-state index contributed by atoms with van der Waals surface area (Å²) >= 11 is 5.95. The zero-order valence-electron chi connectivity index (χ0n) is 11.1. The van der Waals surface area contributed by atoms with Gasteiger partial charge in [-0.25, -0.2) is 0 Å². The van der Waals surface area contributed by atoms with Crippen molar-refractivity contribution in [2.45, 2.75) is 19.4 Å². The van der Waals surface area contributed by atoms with E-state index in [1.165, 1.54) is 0 Å². The molecule has 1 aromatic rings. The van der Waals surface area contributed by atoms with Gasteiger partial charge in [0.15, 0.2) is 0 Å². The summed E-state index contributed by atoms with van der Waals surface area (Å²) in [6.07, 6.45) is 0. The lowest BCUT2D eigenvalue weighted by Gasteiger charge is -2.38. The van der Waals surface area contributed by atoms with Crippen LogP contribution in [0.4, 0.5) is 5.69 Å². The second-order valence-corrected chi connectivity index (χ2v) is 5.61. The molecular weight excluding hydrogens is 266 g/mol. The highest BCUT2D eigenvalue weighted by Gasteiger charge is 2.31. The van der Waals surface area contributed by atoms with Gasteiger partial charge in [0.1, 0.15) is 0 Å². The smallest absolute Gasteiger partial charge is 0.256 e. The predicted molar refractivity (Wildman–Crippen MR) is 75.2 cm³/mol. The number of carbonyl (C=O) groups is 1. The average Bonchev–Trinajstić information content (AvgIpc) is 2.36. The van der Waals surface area contributed by atoms with E-state index in [0.29, 0.717) is 36.0 Å². The van der Waals surface area contributed by atoms with E-state index in [-0.39, 0.29) is 11.5 Å². The van der Waals surface area contributed by atoms with Crippen LogP contribution in [0, 0.1) is 0 Å². The van der Waals surface area contributed by atoms with Gasteiger partial charge in [0.25, 0.3) is 5.91 Å². The molecule has 1 saturated heterocycles. The number of rotatable bonds is 2. The molecule has 1 aliphatic rings. The molecule has 1 fully saturated rings. The van der Waals surface area contributed by atoms with Crippen molar-refractivity contribution in [2.75, 3.05) is 25.1 Å². The number of nitrogens with two attached hydrogens (primary N) is 1. The Labute approximate surface area is 117 Å². The number of ether oxygens (including phenoxy) is 1. The second kappa shape index (κ2) is 5.36. The molecule has 1 heterocycles. The Hall–Kier alpha value is -1.30. The summed E-state index contributed by atoms with van der Waals surface area (Å²) in [5, 5.41) is 0.509. The number of hydrogen-bond acceptors (Lipinski definition) is 4. The lowest BCUT2D eigenvalue weighted by Crippen LogP contribution is -2.50. The van der Waals surface area contributed by atoms with E-state index < -0.39 is 0 Å². The molecule has 2 rings (SSSR count). The Bertz CT molecular complexity index is 491. The molecular formula is C13H18ClN3O2. The number of hydrazine groups is 1. The van der Waals surface area contributed by atoms with E-state index >= 15 is 0 Å². The van der Waals surface area contributed by atoms with Gasteiger partial charge in [-0.05, 0) is 32.0 Å². The standard InChI is InChI=1S/C13H18ClN3O2/c1-13(2)8-17(5-6-19-13)12(18)10-7-9(14)3-4-11(10)16-15/h3-4,7,16H,5-6,8,15H2,1-2H3. The van der Waals surface area contributed by atoms with E-state index in [9.17, 15) is 4.79 Å². The van der Waals surface area contributed by atoms with Crippen molar-refractivity contribution in [3.8, 4) is 0 Å². The van der Waals surface area contributed by atoms with Crippen LogP contribution < -0.4 is 11.3 Å². The molecule has 5 nitrogen and oxygen atoms in total. The molecule has 0 saturated carbocycles. The summed E-state index contributed by atoms with van der Waals surface area (Å²) in [5.41, 5.74) is 3.24. The molecule has 0 spiro atoms. The minimum atomic E-state index is -0.331. The number of carbonyl (C=O) groups excluding carboxylic acids is 1. The maximum absolute atomic E-state index is 12.5. The summed E-state index contributed by atoms with van der Waals surface area (Å²) in [7, 11) is 0. The van der Waals surface area contributed by atoms with Gasteiger partial charge < -0.3 is 15.1 Å². The SMILES string of the molecule is CC1(C)CN(C(=O)c2cc(Cl)ccc2NN)CCO1. The van der Waals surface area contributed by atoms with E-state index in [1.54, 1.807) is 23.1 Å². The number of halogens is 1. The molecule has 0 bridgehead atoms. The van der Waals surface area contributed by atoms with Crippen LogP contribution in [0.3, 0.4) is 0 Å².